The summed E-state index contributed by atoms with van der Waals surface area (Å²) < 4.78 is 4.95. The van der Waals surface area contributed by atoms with Crippen molar-refractivity contribution >= 4 is 35.1 Å². The van der Waals surface area contributed by atoms with Crippen LogP contribution >= 0.6 is 23.2 Å². The maximum Gasteiger partial charge on any atom is 0.306 e. The van der Waals surface area contributed by atoms with E-state index in [1.54, 1.807) is 6.07 Å². The van der Waals surface area contributed by atoms with Crippen molar-refractivity contribution in [2.75, 3.05) is 13.7 Å². The van der Waals surface area contributed by atoms with Gasteiger partial charge in [-0.05, 0) is 18.2 Å². The van der Waals surface area contributed by atoms with Gasteiger partial charge in [-0.15, -0.1) is 0 Å². The molecule has 0 aromatic heterocycles. The number of carboxylic acids is 1. The molecular formula is C12H13Cl2NO4. The maximum atomic E-state index is 11.9. The molecule has 0 aliphatic carbocycles. The summed E-state index contributed by atoms with van der Waals surface area (Å²) in [4.78, 5) is 22.4. The van der Waals surface area contributed by atoms with Crippen LogP contribution in [0.15, 0.2) is 18.2 Å². The summed E-state index contributed by atoms with van der Waals surface area (Å²) in [5.41, 5.74) is 0.236. The molecule has 0 heterocycles. The van der Waals surface area contributed by atoms with E-state index in [1.165, 1.54) is 19.2 Å². The first-order valence-corrected chi connectivity index (χ1v) is 6.17. The van der Waals surface area contributed by atoms with Crippen molar-refractivity contribution in [3.05, 3.63) is 33.8 Å². The lowest BCUT2D eigenvalue weighted by Gasteiger charge is -2.14. The number of benzene rings is 1. The van der Waals surface area contributed by atoms with E-state index in [4.69, 9.17) is 33.0 Å². The fraction of sp³-hybridized carbons (Fsp3) is 0.333. The number of ether oxygens (including phenoxy) is 1. The number of aliphatic carboxylic acids is 1. The third-order valence-corrected chi connectivity index (χ3v) is 2.96. The fourth-order valence-electron chi connectivity index (χ4n) is 1.41. The van der Waals surface area contributed by atoms with Gasteiger partial charge in [0.1, 0.15) is 0 Å². The zero-order valence-electron chi connectivity index (χ0n) is 10.2. The molecule has 5 nitrogen and oxygen atoms in total. The van der Waals surface area contributed by atoms with Gasteiger partial charge in [-0.1, -0.05) is 23.2 Å². The van der Waals surface area contributed by atoms with Crippen LogP contribution in [0.4, 0.5) is 0 Å². The summed E-state index contributed by atoms with van der Waals surface area (Å²) >= 11 is 11.7. The second-order valence-electron chi connectivity index (χ2n) is 3.79. The third kappa shape index (κ3) is 5.06. The molecule has 1 rings (SSSR count). The van der Waals surface area contributed by atoms with Crippen molar-refractivity contribution < 1.29 is 19.4 Å². The number of nitrogens with one attached hydrogen (secondary N) is 1. The molecule has 1 atom stereocenters. The predicted molar refractivity (Wildman–Crippen MR) is 71.8 cm³/mol. The first-order valence-electron chi connectivity index (χ1n) is 5.42. The number of rotatable bonds is 6. The number of hydrogen-bond acceptors (Lipinski definition) is 3. The Bertz CT molecular complexity index is 479. The zero-order chi connectivity index (χ0) is 14.4. The smallest absolute Gasteiger partial charge is 0.306 e. The number of halogens is 2. The summed E-state index contributed by atoms with van der Waals surface area (Å²) in [7, 11) is 1.38. The summed E-state index contributed by atoms with van der Waals surface area (Å²) in [6, 6.07) is 4.53. The van der Waals surface area contributed by atoms with Crippen LogP contribution in [0.25, 0.3) is 0 Å². The van der Waals surface area contributed by atoms with Crippen molar-refractivity contribution in [2.45, 2.75) is 12.5 Å². The Kier molecular flexibility index (Phi) is 6.08. The second kappa shape index (κ2) is 7.33. The van der Waals surface area contributed by atoms with Gasteiger partial charge < -0.3 is 15.2 Å². The van der Waals surface area contributed by atoms with E-state index in [9.17, 15) is 9.59 Å². The van der Waals surface area contributed by atoms with E-state index in [0.717, 1.165) is 0 Å². The quantitative estimate of drug-likeness (QED) is 0.845. The Morgan fingerprint density at radius 2 is 2.11 bits per heavy atom. The van der Waals surface area contributed by atoms with Crippen LogP contribution in [-0.4, -0.2) is 36.7 Å². The number of amides is 1. The molecule has 19 heavy (non-hydrogen) atoms. The van der Waals surface area contributed by atoms with E-state index in [-0.39, 0.29) is 23.6 Å². The van der Waals surface area contributed by atoms with Gasteiger partial charge in [0, 0.05) is 18.7 Å². The molecule has 1 unspecified atom stereocenters. The summed E-state index contributed by atoms with van der Waals surface area (Å²) in [6.45, 7) is 0.0739. The molecule has 0 spiro atoms. The third-order valence-electron chi connectivity index (χ3n) is 2.40. The first-order chi connectivity index (χ1) is 8.93. The van der Waals surface area contributed by atoms with Gasteiger partial charge in [-0.25, -0.2) is 0 Å². The summed E-state index contributed by atoms with van der Waals surface area (Å²) in [5.74, 6) is -1.43. The van der Waals surface area contributed by atoms with Crippen LogP contribution in [0.2, 0.25) is 10.0 Å². The van der Waals surface area contributed by atoms with Gasteiger partial charge in [0.2, 0.25) is 0 Å². The monoisotopic (exact) mass is 305 g/mol. The molecule has 0 saturated carbocycles. The molecule has 2 N–H and O–H groups in total. The molecule has 0 radical (unpaired) electrons. The van der Waals surface area contributed by atoms with Gasteiger partial charge in [0.25, 0.3) is 5.91 Å². The zero-order valence-corrected chi connectivity index (χ0v) is 11.7. The second-order valence-corrected chi connectivity index (χ2v) is 4.63. The molecular weight excluding hydrogens is 293 g/mol. The van der Waals surface area contributed by atoms with Gasteiger partial charge in [0.15, 0.2) is 0 Å². The van der Waals surface area contributed by atoms with Crippen molar-refractivity contribution in [3.63, 3.8) is 0 Å². The number of hydrogen-bond donors (Lipinski definition) is 2. The highest BCUT2D eigenvalue weighted by Crippen LogP contribution is 2.20. The van der Waals surface area contributed by atoms with E-state index in [1.807, 2.05) is 0 Å². The van der Waals surface area contributed by atoms with Crippen molar-refractivity contribution in [1.29, 1.82) is 0 Å². The van der Waals surface area contributed by atoms with Crippen LogP contribution in [0.5, 0.6) is 0 Å². The number of methoxy groups -OCH3 is 1. The van der Waals surface area contributed by atoms with Crippen LogP contribution in [0.3, 0.4) is 0 Å². The standard InChI is InChI=1S/C12H13Cl2NO4/c1-19-8(5-11(16)17)6-15-12(18)9-4-7(13)2-3-10(9)14/h2-4,8H,5-6H2,1H3,(H,15,18)(H,16,17). The molecule has 1 aromatic rings. The number of carboxylic acid groups (broad SMARTS) is 1. The maximum absolute atomic E-state index is 11.9. The fourth-order valence-corrected chi connectivity index (χ4v) is 1.78. The van der Waals surface area contributed by atoms with E-state index in [2.05, 4.69) is 5.32 Å². The molecule has 0 aliphatic rings. The van der Waals surface area contributed by atoms with Crippen LogP contribution in [0, 0.1) is 0 Å². The van der Waals surface area contributed by atoms with Gasteiger partial charge >= 0.3 is 5.97 Å². The SMILES string of the molecule is COC(CNC(=O)c1cc(Cl)ccc1Cl)CC(=O)O. The van der Waals surface area contributed by atoms with Crippen LogP contribution in [-0.2, 0) is 9.53 Å². The molecule has 0 saturated heterocycles. The van der Waals surface area contributed by atoms with Crippen LogP contribution in [0.1, 0.15) is 16.8 Å². The summed E-state index contributed by atoms with van der Waals surface area (Å²) in [6.07, 6.45) is -0.792. The van der Waals surface area contributed by atoms with Crippen LogP contribution < -0.4 is 5.32 Å². The number of carbonyl (C=O) groups is 2. The first kappa shape index (κ1) is 15.8. The Balaban J connectivity index is 2.64. The lowest BCUT2D eigenvalue weighted by Crippen LogP contribution is -2.34. The Morgan fingerprint density at radius 1 is 1.42 bits per heavy atom. The Labute approximate surface area is 120 Å². The normalized spacial score (nSPS) is 11.9. The number of carbonyl (C=O) groups excluding carboxylic acids is 1. The summed E-state index contributed by atoms with van der Waals surface area (Å²) in [5, 5.41) is 11.9. The molecule has 1 amide bonds. The average Bonchev–Trinajstić information content (AvgIpc) is 2.36. The van der Waals surface area contributed by atoms with Crippen molar-refractivity contribution in [1.82, 2.24) is 5.32 Å². The molecule has 0 bridgehead atoms. The highest BCUT2D eigenvalue weighted by molar-refractivity contribution is 6.35. The topological polar surface area (TPSA) is 75.6 Å². The van der Waals surface area contributed by atoms with Crippen molar-refractivity contribution in [2.24, 2.45) is 0 Å². The van der Waals surface area contributed by atoms with Crippen molar-refractivity contribution in [3.8, 4) is 0 Å². The molecule has 0 fully saturated rings. The highest BCUT2D eigenvalue weighted by Gasteiger charge is 2.16. The molecule has 7 heteroatoms. The lowest BCUT2D eigenvalue weighted by molar-refractivity contribution is -0.139. The minimum absolute atomic E-state index is 0.0739. The van der Waals surface area contributed by atoms with E-state index in [0.29, 0.717) is 5.02 Å². The molecule has 0 aliphatic heterocycles. The van der Waals surface area contributed by atoms with E-state index >= 15 is 0 Å². The van der Waals surface area contributed by atoms with E-state index < -0.39 is 18.0 Å². The Hall–Kier alpha value is -1.30. The molecule has 1 aromatic carbocycles. The van der Waals surface area contributed by atoms with Gasteiger partial charge in [0.05, 0.1) is 23.1 Å². The Morgan fingerprint density at radius 3 is 2.68 bits per heavy atom. The highest BCUT2D eigenvalue weighted by atomic mass is 35.5. The van der Waals surface area contributed by atoms with Gasteiger partial charge in [-0.2, -0.15) is 0 Å². The van der Waals surface area contributed by atoms with Gasteiger partial charge in [-0.3, -0.25) is 9.59 Å². The largest absolute Gasteiger partial charge is 0.481 e. The lowest BCUT2D eigenvalue weighted by atomic mass is 10.2. The minimum atomic E-state index is -0.998. The average molecular weight is 306 g/mol. The predicted octanol–water partition coefficient (Wildman–Crippen LogP) is 2.21. The minimum Gasteiger partial charge on any atom is -0.481 e. The molecule has 104 valence electrons.